The van der Waals surface area contributed by atoms with Crippen molar-refractivity contribution >= 4 is 17.7 Å². The topological polar surface area (TPSA) is 55.1 Å². The van der Waals surface area contributed by atoms with Crippen molar-refractivity contribution in [3.8, 4) is 0 Å². The largest absolute Gasteiger partial charge is 0.356 e. The third kappa shape index (κ3) is 10.3. The second kappa shape index (κ2) is 10.6. The van der Waals surface area contributed by atoms with Gasteiger partial charge >= 0.3 is 0 Å². The molecule has 0 saturated heterocycles. The lowest BCUT2D eigenvalue weighted by Gasteiger charge is -2.30. The Bertz CT molecular complexity index is 239. The summed E-state index contributed by atoms with van der Waals surface area (Å²) in [5.41, 5.74) is 5.89. The number of nitrogens with one attached hydrogen (secondary N) is 1. The van der Waals surface area contributed by atoms with Crippen molar-refractivity contribution in [1.29, 1.82) is 0 Å². The molecule has 0 aliphatic heterocycles. The minimum atomic E-state index is 0.190. The van der Waals surface area contributed by atoms with Gasteiger partial charge in [0.25, 0.3) is 0 Å². The fraction of sp³-hybridized carbons (Fsp3) is 0.933. The lowest BCUT2D eigenvalue weighted by molar-refractivity contribution is -0.121. The Morgan fingerprint density at radius 2 is 1.95 bits per heavy atom. The Kier molecular flexibility index (Phi) is 10.4. The van der Waals surface area contributed by atoms with Crippen molar-refractivity contribution < 1.29 is 4.79 Å². The van der Waals surface area contributed by atoms with Gasteiger partial charge in [0.05, 0.1) is 0 Å². The standard InChI is InChI=1S/C15H32N2OS/c1-15(2,3)13(9-10-16)7-8-14(18)17-11-5-6-12-19-4/h13H,5-12,16H2,1-4H3,(H,17,18). The summed E-state index contributed by atoms with van der Waals surface area (Å²) in [5.74, 6) is 1.90. The summed E-state index contributed by atoms with van der Waals surface area (Å²) >= 11 is 1.86. The molecule has 0 aliphatic rings. The van der Waals surface area contributed by atoms with Crippen LogP contribution in [0.5, 0.6) is 0 Å². The molecule has 0 spiro atoms. The maximum absolute atomic E-state index is 11.8. The number of carbonyl (C=O) groups excluding carboxylic acids is 1. The van der Waals surface area contributed by atoms with Gasteiger partial charge in [-0.2, -0.15) is 11.8 Å². The van der Waals surface area contributed by atoms with Gasteiger partial charge in [0.2, 0.25) is 5.91 Å². The molecule has 1 unspecified atom stereocenters. The van der Waals surface area contributed by atoms with Gasteiger partial charge in [-0.1, -0.05) is 20.8 Å². The van der Waals surface area contributed by atoms with E-state index in [-0.39, 0.29) is 11.3 Å². The van der Waals surface area contributed by atoms with Crippen LogP contribution >= 0.6 is 11.8 Å². The monoisotopic (exact) mass is 288 g/mol. The molecule has 0 saturated carbocycles. The van der Waals surface area contributed by atoms with Crippen LogP contribution in [0.2, 0.25) is 0 Å². The summed E-state index contributed by atoms with van der Waals surface area (Å²) in [5, 5.41) is 3.01. The molecule has 19 heavy (non-hydrogen) atoms. The van der Waals surface area contributed by atoms with Crippen LogP contribution in [0, 0.1) is 11.3 Å². The number of amides is 1. The average molecular weight is 289 g/mol. The lowest BCUT2D eigenvalue weighted by atomic mass is 9.76. The third-order valence-corrected chi connectivity index (χ3v) is 4.25. The smallest absolute Gasteiger partial charge is 0.220 e. The van der Waals surface area contributed by atoms with E-state index in [0.717, 1.165) is 25.8 Å². The fourth-order valence-electron chi connectivity index (χ4n) is 2.20. The minimum Gasteiger partial charge on any atom is -0.356 e. The summed E-state index contributed by atoms with van der Waals surface area (Å²) in [6.07, 6.45) is 6.95. The van der Waals surface area contributed by atoms with Crippen LogP contribution in [0.1, 0.15) is 52.9 Å². The van der Waals surface area contributed by atoms with E-state index in [1.165, 1.54) is 12.2 Å². The van der Waals surface area contributed by atoms with Gasteiger partial charge in [0, 0.05) is 13.0 Å². The van der Waals surface area contributed by atoms with Gasteiger partial charge < -0.3 is 11.1 Å². The first-order valence-electron chi connectivity index (χ1n) is 7.37. The zero-order valence-corrected chi connectivity index (χ0v) is 13.9. The fourth-order valence-corrected chi connectivity index (χ4v) is 2.70. The number of thioether (sulfide) groups is 1. The van der Waals surface area contributed by atoms with Crippen molar-refractivity contribution in [2.24, 2.45) is 17.1 Å². The molecule has 4 heteroatoms. The molecule has 1 amide bonds. The SMILES string of the molecule is CSCCCCNC(=O)CCC(CCN)C(C)(C)C. The third-order valence-electron chi connectivity index (χ3n) is 3.56. The van der Waals surface area contributed by atoms with Crippen molar-refractivity contribution in [2.45, 2.75) is 52.9 Å². The summed E-state index contributed by atoms with van der Waals surface area (Å²) in [4.78, 5) is 11.8. The number of carbonyl (C=O) groups is 1. The first-order chi connectivity index (χ1) is 8.91. The van der Waals surface area contributed by atoms with E-state index in [1.807, 2.05) is 11.8 Å². The van der Waals surface area contributed by atoms with Gasteiger partial charge in [-0.25, -0.2) is 0 Å². The van der Waals surface area contributed by atoms with Crippen molar-refractivity contribution in [1.82, 2.24) is 5.32 Å². The van der Waals surface area contributed by atoms with E-state index in [9.17, 15) is 4.79 Å². The molecule has 1 atom stereocenters. The highest BCUT2D eigenvalue weighted by Crippen LogP contribution is 2.31. The molecular formula is C15H32N2OS. The van der Waals surface area contributed by atoms with Crippen molar-refractivity contribution in [2.75, 3.05) is 25.1 Å². The van der Waals surface area contributed by atoms with Gasteiger partial charge in [-0.05, 0) is 55.6 Å². The summed E-state index contributed by atoms with van der Waals surface area (Å²) in [6, 6.07) is 0. The zero-order valence-electron chi connectivity index (χ0n) is 13.1. The number of unbranched alkanes of at least 4 members (excludes halogenated alkanes) is 1. The number of rotatable bonds is 10. The Labute approximate surface area is 123 Å². The maximum Gasteiger partial charge on any atom is 0.220 e. The van der Waals surface area contributed by atoms with E-state index in [0.29, 0.717) is 18.9 Å². The maximum atomic E-state index is 11.8. The molecular weight excluding hydrogens is 256 g/mol. The first kappa shape index (κ1) is 18.8. The summed E-state index contributed by atoms with van der Waals surface area (Å²) in [7, 11) is 0. The highest BCUT2D eigenvalue weighted by molar-refractivity contribution is 7.98. The predicted molar refractivity (Wildman–Crippen MR) is 86.5 cm³/mol. The lowest BCUT2D eigenvalue weighted by Crippen LogP contribution is -2.28. The molecule has 0 aromatic carbocycles. The van der Waals surface area contributed by atoms with Gasteiger partial charge in [-0.15, -0.1) is 0 Å². The molecule has 0 rings (SSSR count). The molecule has 0 aliphatic carbocycles. The molecule has 0 heterocycles. The zero-order chi connectivity index (χ0) is 14.7. The van der Waals surface area contributed by atoms with Crippen LogP contribution in [0.15, 0.2) is 0 Å². The van der Waals surface area contributed by atoms with Crippen LogP contribution in [0.4, 0.5) is 0 Å². The highest BCUT2D eigenvalue weighted by atomic mass is 32.2. The average Bonchev–Trinajstić information content (AvgIpc) is 2.32. The Morgan fingerprint density at radius 1 is 1.26 bits per heavy atom. The number of nitrogens with two attached hydrogens (primary N) is 1. The number of hydrogen-bond donors (Lipinski definition) is 2. The molecule has 3 N–H and O–H groups in total. The Balaban J connectivity index is 3.80. The molecule has 0 aromatic rings. The van der Waals surface area contributed by atoms with Crippen molar-refractivity contribution in [3.05, 3.63) is 0 Å². The highest BCUT2D eigenvalue weighted by Gasteiger charge is 2.24. The van der Waals surface area contributed by atoms with Crippen LogP contribution in [-0.4, -0.2) is 31.0 Å². The van der Waals surface area contributed by atoms with E-state index in [1.54, 1.807) is 0 Å². The Morgan fingerprint density at radius 3 is 2.47 bits per heavy atom. The summed E-state index contributed by atoms with van der Waals surface area (Å²) < 4.78 is 0. The van der Waals surface area contributed by atoms with Crippen LogP contribution in [-0.2, 0) is 4.79 Å². The molecule has 3 nitrogen and oxygen atoms in total. The van der Waals surface area contributed by atoms with Gasteiger partial charge in [0.15, 0.2) is 0 Å². The van der Waals surface area contributed by atoms with E-state index in [2.05, 4.69) is 32.3 Å². The van der Waals surface area contributed by atoms with Gasteiger partial charge in [0.1, 0.15) is 0 Å². The minimum absolute atomic E-state index is 0.190. The molecule has 114 valence electrons. The van der Waals surface area contributed by atoms with E-state index >= 15 is 0 Å². The normalized spacial score (nSPS) is 13.3. The molecule has 0 fully saturated rings. The molecule has 0 radical (unpaired) electrons. The number of hydrogen-bond acceptors (Lipinski definition) is 3. The molecule has 0 aromatic heterocycles. The molecule has 0 bridgehead atoms. The van der Waals surface area contributed by atoms with Gasteiger partial charge in [-0.3, -0.25) is 4.79 Å². The summed E-state index contributed by atoms with van der Waals surface area (Å²) in [6.45, 7) is 8.21. The second-order valence-corrected chi connectivity index (χ2v) is 7.21. The van der Waals surface area contributed by atoms with Crippen LogP contribution < -0.4 is 11.1 Å². The predicted octanol–water partition coefficient (Wildman–Crippen LogP) is 3.04. The second-order valence-electron chi connectivity index (χ2n) is 6.23. The Hall–Kier alpha value is -0.220. The van der Waals surface area contributed by atoms with Crippen molar-refractivity contribution in [3.63, 3.8) is 0 Å². The van der Waals surface area contributed by atoms with E-state index in [4.69, 9.17) is 5.73 Å². The quantitative estimate of drug-likeness (QED) is 0.608. The van der Waals surface area contributed by atoms with Crippen LogP contribution in [0.3, 0.4) is 0 Å². The first-order valence-corrected chi connectivity index (χ1v) is 8.77. The van der Waals surface area contributed by atoms with E-state index < -0.39 is 0 Å². The van der Waals surface area contributed by atoms with Crippen LogP contribution in [0.25, 0.3) is 0 Å².